The van der Waals surface area contributed by atoms with E-state index in [0.29, 0.717) is 5.89 Å². The molecule has 106 valence electrons. The maximum Gasteiger partial charge on any atom is 0.244 e. The van der Waals surface area contributed by atoms with Gasteiger partial charge in [-0.05, 0) is 24.0 Å². The maximum atomic E-state index is 5.39. The average molecular weight is 273 g/mol. The molecule has 0 saturated heterocycles. The van der Waals surface area contributed by atoms with Crippen LogP contribution in [0.2, 0.25) is 0 Å². The van der Waals surface area contributed by atoms with Crippen LogP contribution in [0.3, 0.4) is 0 Å². The van der Waals surface area contributed by atoms with Crippen LogP contribution in [-0.4, -0.2) is 23.9 Å². The highest BCUT2D eigenvalue weighted by molar-refractivity contribution is 5.30. The molecule has 0 fully saturated rings. The minimum Gasteiger partial charge on any atom is -0.385 e. The zero-order valence-corrected chi connectivity index (χ0v) is 11.6. The number of benzene rings is 1. The summed E-state index contributed by atoms with van der Waals surface area (Å²) in [6.45, 7) is 1.57. The number of ether oxygens (including phenoxy) is 1. The van der Waals surface area contributed by atoms with Crippen LogP contribution >= 0.6 is 0 Å². The smallest absolute Gasteiger partial charge is 0.244 e. The third kappa shape index (κ3) is 2.89. The Morgan fingerprint density at radius 3 is 3.05 bits per heavy atom. The van der Waals surface area contributed by atoms with Gasteiger partial charge in [-0.25, -0.2) is 0 Å². The molecule has 20 heavy (non-hydrogen) atoms. The minimum absolute atomic E-state index is 0.119. The number of hydrogen-bond donors (Lipinski definition) is 1. The quantitative estimate of drug-likeness (QED) is 0.845. The van der Waals surface area contributed by atoms with Crippen molar-refractivity contribution in [3.63, 3.8) is 0 Å². The van der Waals surface area contributed by atoms with E-state index < -0.39 is 0 Å². The molecule has 0 aliphatic carbocycles. The minimum atomic E-state index is 0.119. The number of nitrogens with one attached hydrogen (secondary N) is 1. The van der Waals surface area contributed by atoms with Crippen molar-refractivity contribution in [3.05, 3.63) is 47.1 Å². The molecule has 5 nitrogen and oxygen atoms in total. The number of nitrogens with zero attached hydrogens (tertiary/aromatic N) is 2. The zero-order valence-electron chi connectivity index (χ0n) is 11.6. The van der Waals surface area contributed by atoms with Crippen LogP contribution in [0, 0.1) is 0 Å². The molecule has 3 rings (SSSR count). The molecule has 0 saturated carbocycles. The first kappa shape index (κ1) is 13.3. The van der Waals surface area contributed by atoms with E-state index in [2.05, 4.69) is 39.7 Å². The Labute approximate surface area is 118 Å². The molecular formula is C15H19N3O2. The molecule has 5 heteroatoms. The Morgan fingerprint density at radius 2 is 2.20 bits per heavy atom. The molecule has 2 heterocycles. The Balaban J connectivity index is 1.66. The van der Waals surface area contributed by atoms with Gasteiger partial charge in [-0.3, -0.25) is 0 Å². The second-order valence-electron chi connectivity index (χ2n) is 5.05. The van der Waals surface area contributed by atoms with E-state index in [9.17, 15) is 0 Å². The van der Waals surface area contributed by atoms with E-state index in [-0.39, 0.29) is 6.04 Å². The van der Waals surface area contributed by atoms with Crippen LogP contribution < -0.4 is 5.32 Å². The SMILES string of the molecule is COCCCc1noc([C@H]2Cc3ccccc3CN2)n1. The standard InChI is InChI=1S/C15H19N3O2/c1-19-8-4-7-14-17-15(20-18-14)13-9-11-5-2-3-6-12(11)10-16-13/h2-3,5-6,13,16H,4,7-10H2,1H3/t13-/m1/s1. The molecule has 1 N–H and O–H groups in total. The van der Waals surface area contributed by atoms with Crippen LogP contribution in [0.1, 0.15) is 35.3 Å². The molecule has 1 aromatic carbocycles. The monoisotopic (exact) mass is 273 g/mol. The second kappa shape index (κ2) is 6.15. The fraction of sp³-hybridized carbons (Fsp3) is 0.467. The van der Waals surface area contributed by atoms with E-state index in [1.807, 2.05) is 0 Å². The van der Waals surface area contributed by atoms with E-state index in [0.717, 1.165) is 38.2 Å². The largest absolute Gasteiger partial charge is 0.385 e. The Hall–Kier alpha value is -1.72. The molecule has 1 aromatic heterocycles. The summed E-state index contributed by atoms with van der Waals surface area (Å²) >= 11 is 0. The van der Waals surface area contributed by atoms with Crippen molar-refractivity contribution in [1.29, 1.82) is 0 Å². The van der Waals surface area contributed by atoms with Crippen LogP contribution in [0.4, 0.5) is 0 Å². The summed E-state index contributed by atoms with van der Waals surface area (Å²) in [5.74, 6) is 1.45. The highest BCUT2D eigenvalue weighted by Gasteiger charge is 2.23. The summed E-state index contributed by atoms with van der Waals surface area (Å²) < 4.78 is 10.4. The summed E-state index contributed by atoms with van der Waals surface area (Å²) in [7, 11) is 1.70. The number of aromatic nitrogens is 2. The zero-order chi connectivity index (χ0) is 13.8. The fourth-order valence-electron chi connectivity index (χ4n) is 2.51. The summed E-state index contributed by atoms with van der Waals surface area (Å²) in [5, 5.41) is 7.49. The van der Waals surface area contributed by atoms with Crippen molar-refractivity contribution >= 4 is 0 Å². The third-order valence-corrected chi connectivity index (χ3v) is 3.61. The van der Waals surface area contributed by atoms with Gasteiger partial charge in [0.05, 0.1) is 6.04 Å². The number of fused-ring (bicyclic) bond motifs is 1. The lowest BCUT2D eigenvalue weighted by molar-refractivity contribution is 0.194. The van der Waals surface area contributed by atoms with Gasteiger partial charge < -0.3 is 14.6 Å². The Bertz CT molecular complexity index is 568. The molecule has 0 bridgehead atoms. The van der Waals surface area contributed by atoms with Gasteiger partial charge in [-0.1, -0.05) is 29.4 Å². The number of rotatable bonds is 5. The van der Waals surface area contributed by atoms with Gasteiger partial charge in [0, 0.05) is 26.7 Å². The van der Waals surface area contributed by atoms with Crippen LogP contribution in [0.5, 0.6) is 0 Å². The normalized spacial score (nSPS) is 17.9. The third-order valence-electron chi connectivity index (χ3n) is 3.61. The van der Waals surface area contributed by atoms with Gasteiger partial charge in [-0.15, -0.1) is 0 Å². The first-order valence-electron chi connectivity index (χ1n) is 6.98. The molecule has 1 atom stereocenters. The molecule has 0 spiro atoms. The summed E-state index contributed by atoms with van der Waals surface area (Å²) in [6.07, 6.45) is 2.60. The molecule has 1 aliphatic rings. The van der Waals surface area contributed by atoms with Gasteiger partial charge in [0.15, 0.2) is 5.82 Å². The summed E-state index contributed by atoms with van der Waals surface area (Å²) in [4.78, 5) is 4.48. The van der Waals surface area contributed by atoms with Crippen molar-refractivity contribution in [2.24, 2.45) is 0 Å². The van der Waals surface area contributed by atoms with Gasteiger partial charge in [0.2, 0.25) is 5.89 Å². The predicted molar refractivity (Wildman–Crippen MR) is 74.2 cm³/mol. The lowest BCUT2D eigenvalue weighted by Gasteiger charge is -2.23. The molecular weight excluding hydrogens is 254 g/mol. The van der Waals surface area contributed by atoms with Crippen molar-refractivity contribution in [1.82, 2.24) is 15.5 Å². The molecule has 2 aromatic rings. The second-order valence-corrected chi connectivity index (χ2v) is 5.05. The summed E-state index contributed by atoms with van der Waals surface area (Å²) in [6, 6.07) is 8.59. The first-order valence-corrected chi connectivity index (χ1v) is 6.98. The van der Waals surface area contributed by atoms with Gasteiger partial charge in [-0.2, -0.15) is 4.98 Å². The van der Waals surface area contributed by atoms with Crippen LogP contribution in [0.15, 0.2) is 28.8 Å². The van der Waals surface area contributed by atoms with Crippen LogP contribution in [0.25, 0.3) is 0 Å². The van der Waals surface area contributed by atoms with E-state index in [1.54, 1.807) is 7.11 Å². The van der Waals surface area contributed by atoms with Crippen LogP contribution in [-0.2, 0) is 24.1 Å². The predicted octanol–water partition coefficient (Wildman–Crippen LogP) is 2.04. The molecule has 0 radical (unpaired) electrons. The van der Waals surface area contributed by atoms with Gasteiger partial charge >= 0.3 is 0 Å². The number of methoxy groups -OCH3 is 1. The van der Waals surface area contributed by atoms with Crippen molar-refractivity contribution in [3.8, 4) is 0 Å². The molecule has 0 amide bonds. The topological polar surface area (TPSA) is 60.2 Å². The first-order chi connectivity index (χ1) is 9.86. The van der Waals surface area contributed by atoms with Gasteiger partial charge in [0.25, 0.3) is 0 Å². The highest BCUT2D eigenvalue weighted by atomic mass is 16.5. The average Bonchev–Trinajstić information content (AvgIpc) is 2.96. The fourth-order valence-corrected chi connectivity index (χ4v) is 2.51. The molecule has 0 unspecified atom stereocenters. The van der Waals surface area contributed by atoms with Crippen molar-refractivity contribution in [2.75, 3.05) is 13.7 Å². The molecule has 1 aliphatic heterocycles. The number of hydrogen-bond acceptors (Lipinski definition) is 5. The van der Waals surface area contributed by atoms with E-state index in [1.165, 1.54) is 11.1 Å². The Morgan fingerprint density at radius 1 is 1.35 bits per heavy atom. The lowest BCUT2D eigenvalue weighted by atomic mass is 9.96. The van der Waals surface area contributed by atoms with Gasteiger partial charge in [0.1, 0.15) is 0 Å². The summed E-state index contributed by atoms with van der Waals surface area (Å²) in [5.41, 5.74) is 2.71. The van der Waals surface area contributed by atoms with Crippen molar-refractivity contribution < 1.29 is 9.26 Å². The number of aryl methyl sites for hydroxylation is 1. The maximum absolute atomic E-state index is 5.39. The van der Waals surface area contributed by atoms with Crippen molar-refractivity contribution in [2.45, 2.75) is 31.8 Å². The Kier molecular flexibility index (Phi) is 4.08. The van der Waals surface area contributed by atoms with E-state index in [4.69, 9.17) is 9.26 Å². The lowest BCUT2D eigenvalue weighted by Crippen LogP contribution is -2.28. The van der Waals surface area contributed by atoms with E-state index >= 15 is 0 Å². The highest BCUT2D eigenvalue weighted by Crippen LogP contribution is 2.24.